The number of amides is 2. The van der Waals surface area contributed by atoms with Crippen molar-refractivity contribution in [3.05, 3.63) is 28.6 Å². The quantitative estimate of drug-likeness (QED) is 0.813. The van der Waals surface area contributed by atoms with Gasteiger partial charge < -0.3 is 10.6 Å². The molecule has 0 spiro atoms. The molecule has 5 nitrogen and oxygen atoms in total. The largest absolute Gasteiger partial charge is 0.326 e. The molecule has 27 heavy (non-hydrogen) atoms. The van der Waals surface area contributed by atoms with Crippen LogP contribution in [0.15, 0.2) is 18.2 Å². The molecule has 2 heterocycles. The van der Waals surface area contributed by atoms with E-state index in [0.717, 1.165) is 28.6 Å². The second-order valence-corrected chi connectivity index (χ2v) is 8.47. The molecule has 1 aliphatic heterocycles. The van der Waals surface area contributed by atoms with Crippen molar-refractivity contribution in [3.8, 4) is 11.3 Å². The molecule has 8 heteroatoms. The number of halogens is 2. The van der Waals surface area contributed by atoms with Gasteiger partial charge in [0.2, 0.25) is 11.8 Å². The lowest BCUT2D eigenvalue weighted by Gasteiger charge is -2.21. The highest BCUT2D eigenvalue weighted by Gasteiger charge is 2.64. The average molecular weight is 391 g/mol. The highest BCUT2D eigenvalue weighted by atomic mass is 32.1. The first kappa shape index (κ1) is 18.0. The van der Waals surface area contributed by atoms with Crippen LogP contribution in [0.3, 0.4) is 0 Å². The zero-order valence-electron chi connectivity index (χ0n) is 15.0. The van der Waals surface area contributed by atoms with E-state index in [1.165, 1.54) is 11.3 Å². The van der Waals surface area contributed by atoms with E-state index in [1.807, 2.05) is 25.1 Å². The lowest BCUT2D eigenvalue weighted by molar-refractivity contribution is -0.136. The lowest BCUT2D eigenvalue weighted by Crippen LogP contribution is -2.37. The fraction of sp³-hybridized carbons (Fsp3) is 0.421. The fourth-order valence-electron chi connectivity index (χ4n) is 3.46. The number of anilines is 2. The molecule has 142 valence electrons. The van der Waals surface area contributed by atoms with E-state index in [1.54, 1.807) is 0 Å². The SMILES string of the molecule is Cc1sc(NC(=O)C2(C(C)(F)F)CC2)nc1-c1ccc2c(c1)CCC(=O)N2. The van der Waals surface area contributed by atoms with Crippen molar-refractivity contribution in [3.63, 3.8) is 0 Å². The zero-order chi connectivity index (χ0) is 19.4. The molecule has 2 N–H and O–H groups in total. The van der Waals surface area contributed by atoms with E-state index in [0.29, 0.717) is 23.7 Å². The third-order valence-corrected chi connectivity index (χ3v) is 6.20. The summed E-state index contributed by atoms with van der Waals surface area (Å²) in [5.41, 5.74) is 1.82. The van der Waals surface area contributed by atoms with E-state index in [-0.39, 0.29) is 18.7 Å². The summed E-state index contributed by atoms with van der Waals surface area (Å²) in [4.78, 5) is 29.2. The minimum Gasteiger partial charge on any atom is -0.326 e. The Morgan fingerprint density at radius 1 is 1.33 bits per heavy atom. The number of rotatable bonds is 4. The van der Waals surface area contributed by atoms with Gasteiger partial charge in [0.15, 0.2) is 5.13 Å². The van der Waals surface area contributed by atoms with E-state index >= 15 is 0 Å². The number of nitrogens with one attached hydrogen (secondary N) is 2. The standard InChI is InChI=1S/C19H19F2N3O2S/c1-10-15(12-3-5-13-11(9-12)4-6-14(25)22-13)23-17(27-10)24-16(26)19(7-8-19)18(2,20)21/h3,5,9H,4,6-8H2,1-2H3,(H,22,25)(H,23,24,26). The minimum atomic E-state index is -3.05. The number of alkyl halides is 2. The number of hydrogen-bond donors (Lipinski definition) is 2. The minimum absolute atomic E-state index is 0.00631. The topological polar surface area (TPSA) is 71.1 Å². The first-order chi connectivity index (χ1) is 12.7. The first-order valence-electron chi connectivity index (χ1n) is 8.79. The van der Waals surface area contributed by atoms with Crippen LogP contribution in [0.2, 0.25) is 0 Å². The predicted octanol–water partition coefficient (Wildman–Crippen LogP) is 4.38. The van der Waals surface area contributed by atoms with Crippen LogP contribution >= 0.6 is 11.3 Å². The summed E-state index contributed by atoms with van der Waals surface area (Å²) in [5, 5.41) is 5.75. The summed E-state index contributed by atoms with van der Waals surface area (Å²) >= 11 is 1.27. The van der Waals surface area contributed by atoms with Gasteiger partial charge >= 0.3 is 0 Å². The number of benzene rings is 1. The van der Waals surface area contributed by atoms with Crippen LogP contribution in [0.25, 0.3) is 11.3 Å². The van der Waals surface area contributed by atoms with Gasteiger partial charge in [0, 0.05) is 29.5 Å². The summed E-state index contributed by atoms with van der Waals surface area (Å²) in [6.07, 6.45) is 1.49. The maximum absolute atomic E-state index is 13.7. The molecule has 1 fully saturated rings. The van der Waals surface area contributed by atoms with Crippen molar-refractivity contribution >= 4 is 34.0 Å². The van der Waals surface area contributed by atoms with Crippen molar-refractivity contribution in [1.29, 1.82) is 0 Å². The van der Waals surface area contributed by atoms with Crippen LogP contribution < -0.4 is 10.6 Å². The van der Waals surface area contributed by atoms with E-state index in [9.17, 15) is 18.4 Å². The Bertz CT molecular complexity index is 945. The highest BCUT2D eigenvalue weighted by Crippen LogP contribution is 2.57. The second-order valence-electron chi connectivity index (χ2n) is 7.27. The summed E-state index contributed by atoms with van der Waals surface area (Å²) in [7, 11) is 0. The monoisotopic (exact) mass is 391 g/mol. The highest BCUT2D eigenvalue weighted by molar-refractivity contribution is 7.16. The van der Waals surface area contributed by atoms with Crippen LogP contribution in [-0.2, 0) is 16.0 Å². The Kier molecular flexibility index (Phi) is 4.06. The van der Waals surface area contributed by atoms with Crippen molar-refractivity contribution in [2.45, 2.75) is 45.5 Å². The molecular formula is C19H19F2N3O2S. The number of carbonyl (C=O) groups is 2. The molecule has 1 aromatic heterocycles. The van der Waals surface area contributed by atoms with Crippen LogP contribution in [0, 0.1) is 12.3 Å². The normalized spacial score (nSPS) is 17.9. The molecule has 0 bridgehead atoms. The van der Waals surface area contributed by atoms with Gasteiger partial charge in [-0.2, -0.15) is 0 Å². The molecule has 0 atom stereocenters. The number of hydrogen-bond acceptors (Lipinski definition) is 4. The van der Waals surface area contributed by atoms with Gasteiger partial charge in [0.1, 0.15) is 5.41 Å². The van der Waals surface area contributed by atoms with Crippen LogP contribution in [-0.4, -0.2) is 22.7 Å². The van der Waals surface area contributed by atoms with Crippen molar-refractivity contribution in [2.24, 2.45) is 5.41 Å². The second kappa shape index (κ2) is 6.09. The van der Waals surface area contributed by atoms with Crippen LogP contribution in [0.1, 0.15) is 36.6 Å². The van der Waals surface area contributed by atoms with E-state index in [2.05, 4.69) is 15.6 Å². The maximum atomic E-state index is 13.7. The van der Waals surface area contributed by atoms with Gasteiger partial charge in [-0.3, -0.25) is 9.59 Å². The molecule has 4 rings (SSSR count). The number of thiazole rings is 1. The third kappa shape index (κ3) is 3.12. The van der Waals surface area contributed by atoms with Crippen molar-refractivity contribution in [2.75, 3.05) is 10.6 Å². The van der Waals surface area contributed by atoms with E-state index < -0.39 is 17.2 Å². The summed E-state index contributed by atoms with van der Waals surface area (Å²) in [5.74, 6) is -3.70. The molecule has 1 aromatic carbocycles. The van der Waals surface area contributed by atoms with Gasteiger partial charge in [0.25, 0.3) is 5.92 Å². The Morgan fingerprint density at radius 3 is 2.74 bits per heavy atom. The van der Waals surface area contributed by atoms with Gasteiger partial charge in [-0.1, -0.05) is 6.07 Å². The number of aryl methyl sites for hydroxylation is 2. The fourth-order valence-corrected chi connectivity index (χ4v) is 4.29. The molecule has 0 saturated heterocycles. The van der Waals surface area contributed by atoms with Crippen molar-refractivity contribution in [1.82, 2.24) is 4.98 Å². The Hall–Kier alpha value is -2.35. The summed E-state index contributed by atoms with van der Waals surface area (Å²) in [6, 6.07) is 5.68. The molecule has 2 aromatic rings. The molecule has 0 unspecified atom stereocenters. The number of carbonyl (C=O) groups excluding carboxylic acids is 2. The Labute approximate surface area is 159 Å². The third-order valence-electron chi connectivity index (χ3n) is 5.32. The van der Waals surface area contributed by atoms with Crippen LogP contribution in [0.5, 0.6) is 0 Å². The summed E-state index contributed by atoms with van der Waals surface area (Å²) in [6.45, 7) is 2.68. The zero-order valence-corrected chi connectivity index (χ0v) is 15.8. The van der Waals surface area contributed by atoms with Gasteiger partial charge in [-0.25, -0.2) is 13.8 Å². The molecule has 2 aliphatic rings. The molecule has 1 aliphatic carbocycles. The maximum Gasteiger partial charge on any atom is 0.259 e. The average Bonchev–Trinajstić information content (AvgIpc) is 3.34. The predicted molar refractivity (Wildman–Crippen MR) is 100 cm³/mol. The Balaban J connectivity index is 1.58. The number of aromatic nitrogens is 1. The summed E-state index contributed by atoms with van der Waals surface area (Å²) < 4.78 is 27.5. The van der Waals surface area contributed by atoms with Crippen molar-refractivity contribution < 1.29 is 18.4 Å². The van der Waals surface area contributed by atoms with Crippen LogP contribution in [0.4, 0.5) is 19.6 Å². The van der Waals surface area contributed by atoms with Gasteiger partial charge in [0.05, 0.1) is 5.69 Å². The van der Waals surface area contributed by atoms with E-state index in [4.69, 9.17) is 0 Å². The van der Waals surface area contributed by atoms with Gasteiger partial charge in [-0.15, -0.1) is 11.3 Å². The molecular weight excluding hydrogens is 372 g/mol. The number of fused-ring (bicyclic) bond motifs is 1. The molecule has 0 radical (unpaired) electrons. The molecule has 1 saturated carbocycles. The smallest absolute Gasteiger partial charge is 0.259 e. The Morgan fingerprint density at radius 2 is 2.07 bits per heavy atom. The van der Waals surface area contributed by atoms with Gasteiger partial charge in [-0.05, 0) is 43.9 Å². The lowest BCUT2D eigenvalue weighted by atomic mass is 9.98. The first-order valence-corrected chi connectivity index (χ1v) is 9.61. The number of nitrogens with zero attached hydrogens (tertiary/aromatic N) is 1. The molecule has 2 amide bonds.